The van der Waals surface area contributed by atoms with Gasteiger partial charge in [-0.05, 0) is 12.8 Å². The maximum Gasteiger partial charge on any atom is 0.250 e. The highest BCUT2D eigenvalue weighted by Crippen LogP contribution is 2.19. The SMILES string of the molecule is COC(CN)C(=O)NCCOC1CCCCC1. The molecule has 0 aromatic carbocycles. The lowest BCUT2D eigenvalue weighted by atomic mass is 9.98. The first-order valence-corrected chi connectivity index (χ1v) is 6.40. The van der Waals surface area contributed by atoms with Crippen LogP contribution in [0.4, 0.5) is 0 Å². The van der Waals surface area contributed by atoms with Gasteiger partial charge in [-0.1, -0.05) is 19.3 Å². The average molecular weight is 244 g/mol. The fourth-order valence-electron chi connectivity index (χ4n) is 2.06. The van der Waals surface area contributed by atoms with Crippen molar-refractivity contribution in [3.05, 3.63) is 0 Å². The average Bonchev–Trinajstić information content (AvgIpc) is 2.37. The van der Waals surface area contributed by atoms with Gasteiger partial charge in [0, 0.05) is 20.2 Å². The second kappa shape index (κ2) is 8.44. The second-order valence-corrected chi connectivity index (χ2v) is 4.38. The Morgan fingerprint density at radius 2 is 2.12 bits per heavy atom. The summed E-state index contributed by atoms with van der Waals surface area (Å²) in [6.45, 7) is 1.29. The summed E-state index contributed by atoms with van der Waals surface area (Å²) in [5.41, 5.74) is 5.39. The Labute approximate surface area is 103 Å². The van der Waals surface area contributed by atoms with Crippen LogP contribution in [-0.2, 0) is 14.3 Å². The van der Waals surface area contributed by atoms with Gasteiger partial charge in [-0.15, -0.1) is 0 Å². The van der Waals surface area contributed by atoms with Crippen LogP contribution >= 0.6 is 0 Å². The van der Waals surface area contributed by atoms with Crippen LogP contribution in [0.15, 0.2) is 0 Å². The zero-order valence-corrected chi connectivity index (χ0v) is 10.6. The van der Waals surface area contributed by atoms with E-state index >= 15 is 0 Å². The first kappa shape index (κ1) is 14.4. The van der Waals surface area contributed by atoms with Gasteiger partial charge in [0.1, 0.15) is 6.10 Å². The molecule has 17 heavy (non-hydrogen) atoms. The molecule has 1 rings (SSSR count). The maximum absolute atomic E-state index is 11.5. The van der Waals surface area contributed by atoms with Crippen molar-refractivity contribution >= 4 is 5.91 Å². The third-order valence-electron chi connectivity index (χ3n) is 3.10. The molecule has 0 spiro atoms. The Kier molecular flexibility index (Phi) is 7.16. The monoisotopic (exact) mass is 244 g/mol. The molecule has 5 heteroatoms. The van der Waals surface area contributed by atoms with E-state index in [4.69, 9.17) is 15.2 Å². The maximum atomic E-state index is 11.5. The summed E-state index contributed by atoms with van der Waals surface area (Å²) < 4.78 is 10.6. The fourth-order valence-corrected chi connectivity index (χ4v) is 2.06. The van der Waals surface area contributed by atoms with E-state index in [1.54, 1.807) is 0 Å². The van der Waals surface area contributed by atoms with Crippen LogP contribution in [-0.4, -0.2) is 44.9 Å². The van der Waals surface area contributed by atoms with Crippen molar-refractivity contribution in [1.82, 2.24) is 5.32 Å². The third-order valence-corrected chi connectivity index (χ3v) is 3.10. The third kappa shape index (κ3) is 5.48. The number of hydrogen-bond acceptors (Lipinski definition) is 4. The molecule has 1 atom stereocenters. The van der Waals surface area contributed by atoms with Crippen molar-refractivity contribution in [2.45, 2.75) is 44.3 Å². The summed E-state index contributed by atoms with van der Waals surface area (Å²) in [4.78, 5) is 11.5. The van der Waals surface area contributed by atoms with Gasteiger partial charge in [0.15, 0.2) is 0 Å². The number of ether oxygens (including phenoxy) is 2. The first-order chi connectivity index (χ1) is 8.27. The van der Waals surface area contributed by atoms with Gasteiger partial charge < -0.3 is 20.5 Å². The minimum Gasteiger partial charge on any atom is -0.376 e. The molecule has 0 aromatic rings. The van der Waals surface area contributed by atoms with E-state index in [0.29, 0.717) is 19.3 Å². The molecule has 1 aliphatic rings. The van der Waals surface area contributed by atoms with Crippen LogP contribution in [0.1, 0.15) is 32.1 Å². The highest BCUT2D eigenvalue weighted by Gasteiger charge is 2.16. The highest BCUT2D eigenvalue weighted by atomic mass is 16.5. The van der Waals surface area contributed by atoms with Crippen LogP contribution < -0.4 is 11.1 Å². The summed E-state index contributed by atoms with van der Waals surface area (Å²) in [6, 6.07) is 0. The van der Waals surface area contributed by atoms with E-state index in [-0.39, 0.29) is 12.5 Å². The lowest BCUT2D eigenvalue weighted by molar-refractivity contribution is -0.130. The van der Waals surface area contributed by atoms with Crippen LogP contribution in [0.2, 0.25) is 0 Å². The molecule has 1 fully saturated rings. The van der Waals surface area contributed by atoms with Crippen molar-refractivity contribution in [3.8, 4) is 0 Å². The number of carbonyl (C=O) groups excluding carboxylic acids is 1. The number of nitrogens with two attached hydrogens (primary N) is 1. The minimum atomic E-state index is -0.551. The number of rotatable bonds is 7. The van der Waals surface area contributed by atoms with Crippen molar-refractivity contribution in [3.63, 3.8) is 0 Å². The Morgan fingerprint density at radius 3 is 2.71 bits per heavy atom. The molecule has 0 saturated heterocycles. The number of methoxy groups -OCH3 is 1. The molecule has 100 valence electrons. The molecule has 1 saturated carbocycles. The fraction of sp³-hybridized carbons (Fsp3) is 0.917. The van der Waals surface area contributed by atoms with Crippen LogP contribution in [0, 0.1) is 0 Å². The van der Waals surface area contributed by atoms with Crippen LogP contribution in [0.3, 0.4) is 0 Å². The summed E-state index contributed by atoms with van der Waals surface area (Å²) in [5.74, 6) is -0.165. The van der Waals surface area contributed by atoms with Crippen molar-refractivity contribution in [2.24, 2.45) is 5.73 Å². The van der Waals surface area contributed by atoms with E-state index < -0.39 is 6.10 Å². The van der Waals surface area contributed by atoms with Gasteiger partial charge in [-0.25, -0.2) is 0 Å². The summed E-state index contributed by atoms with van der Waals surface area (Å²) in [5, 5.41) is 2.76. The molecule has 5 nitrogen and oxygen atoms in total. The zero-order valence-electron chi connectivity index (χ0n) is 10.6. The second-order valence-electron chi connectivity index (χ2n) is 4.38. The Hall–Kier alpha value is -0.650. The smallest absolute Gasteiger partial charge is 0.250 e. The van der Waals surface area contributed by atoms with Crippen LogP contribution in [0.5, 0.6) is 0 Å². The number of amides is 1. The van der Waals surface area contributed by atoms with E-state index in [2.05, 4.69) is 5.32 Å². The topological polar surface area (TPSA) is 73.6 Å². The normalized spacial score (nSPS) is 18.9. The lowest BCUT2D eigenvalue weighted by Crippen LogP contribution is -2.42. The Morgan fingerprint density at radius 1 is 1.41 bits per heavy atom. The number of nitrogens with one attached hydrogen (secondary N) is 1. The number of hydrogen-bond donors (Lipinski definition) is 2. The largest absolute Gasteiger partial charge is 0.376 e. The Bertz CT molecular complexity index is 214. The van der Waals surface area contributed by atoms with Crippen molar-refractivity contribution in [2.75, 3.05) is 26.8 Å². The predicted molar refractivity (Wildman–Crippen MR) is 65.7 cm³/mol. The number of carbonyl (C=O) groups is 1. The van der Waals surface area contributed by atoms with Gasteiger partial charge in [-0.2, -0.15) is 0 Å². The summed E-state index contributed by atoms with van der Waals surface area (Å²) in [7, 11) is 1.48. The molecule has 0 radical (unpaired) electrons. The standard InChI is InChI=1S/C12H24N2O3/c1-16-11(9-13)12(15)14-7-8-17-10-5-3-2-4-6-10/h10-11H,2-9,13H2,1H3,(H,14,15). The van der Waals surface area contributed by atoms with Gasteiger partial charge >= 0.3 is 0 Å². The quantitative estimate of drug-likeness (QED) is 0.637. The van der Waals surface area contributed by atoms with E-state index in [0.717, 1.165) is 12.8 Å². The van der Waals surface area contributed by atoms with Crippen molar-refractivity contribution in [1.29, 1.82) is 0 Å². The molecule has 0 aromatic heterocycles. The molecule has 1 unspecified atom stereocenters. The molecule has 1 aliphatic carbocycles. The van der Waals surface area contributed by atoms with Gasteiger partial charge in [-0.3, -0.25) is 4.79 Å². The van der Waals surface area contributed by atoms with Gasteiger partial charge in [0.2, 0.25) is 0 Å². The van der Waals surface area contributed by atoms with E-state index in [9.17, 15) is 4.79 Å². The highest BCUT2D eigenvalue weighted by molar-refractivity contribution is 5.80. The zero-order chi connectivity index (χ0) is 12.5. The predicted octanol–water partition coefficient (Wildman–Crippen LogP) is 0.426. The van der Waals surface area contributed by atoms with E-state index in [1.165, 1.54) is 26.4 Å². The molecule has 0 heterocycles. The first-order valence-electron chi connectivity index (χ1n) is 6.40. The van der Waals surface area contributed by atoms with Gasteiger partial charge in [0.05, 0.1) is 12.7 Å². The lowest BCUT2D eigenvalue weighted by Gasteiger charge is -2.22. The molecule has 3 N–H and O–H groups in total. The molecule has 0 aliphatic heterocycles. The Balaban J connectivity index is 2.04. The molecular weight excluding hydrogens is 220 g/mol. The molecular formula is C12H24N2O3. The van der Waals surface area contributed by atoms with E-state index in [1.807, 2.05) is 0 Å². The molecule has 0 bridgehead atoms. The van der Waals surface area contributed by atoms with Crippen LogP contribution in [0.25, 0.3) is 0 Å². The van der Waals surface area contributed by atoms with Gasteiger partial charge in [0.25, 0.3) is 5.91 Å². The molecule has 1 amide bonds. The van der Waals surface area contributed by atoms with Crippen molar-refractivity contribution < 1.29 is 14.3 Å². The summed E-state index contributed by atoms with van der Waals surface area (Å²) >= 11 is 0. The minimum absolute atomic E-state index is 0.165. The summed E-state index contributed by atoms with van der Waals surface area (Å²) in [6.07, 6.45) is 5.97.